The van der Waals surface area contributed by atoms with E-state index in [4.69, 9.17) is 9.47 Å². The third-order valence-electron chi connectivity index (χ3n) is 9.36. The number of aliphatic hydroxyl groups is 1. The molecule has 0 aliphatic carbocycles. The average Bonchev–Trinajstić information content (AvgIpc) is 3.14. The monoisotopic (exact) mass is 713 g/mol. The van der Waals surface area contributed by atoms with Gasteiger partial charge < -0.3 is 14.6 Å². The first-order valence-electron chi connectivity index (χ1n) is 21.9. The first-order chi connectivity index (χ1) is 25.2. The zero-order valence-electron chi connectivity index (χ0n) is 33.9. The van der Waals surface area contributed by atoms with Gasteiger partial charge in [0, 0.05) is 13.0 Å². The van der Waals surface area contributed by atoms with Crippen LogP contribution in [0.1, 0.15) is 206 Å². The standard InChI is InChI=1S/C47H84O4/c1-3-5-7-9-11-13-15-17-19-21-22-23-24-25-27-29-31-33-35-37-39-41-43-50-45-46(44-48)51-47(49)42-40-38-36-34-32-30-28-26-20-18-16-14-12-10-8-6-4-2/h6,8,12,14,18,20,28,30,34,36,46,48H,3-5,7,9-11,13,15-17,19,21-27,29,31-33,35,37-45H2,1-2H3/b8-6-,14-12-,20-18-,30-28-,36-34-. The molecule has 0 spiro atoms. The van der Waals surface area contributed by atoms with Gasteiger partial charge in [-0.25, -0.2) is 0 Å². The first kappa shape index (κ1) is 49.1. The molecule has 0 saturated carbocycles. The van der Waals surface area contributed by atoms with Gasteiger partial charge in [0.15, 0.2) is 0 Å². The Morgan fingerprint density at radius 2 is 0.863 bits per heavy atom. The minimum absolute atomic E-state index is 0.195. The van der Waals surface area contributed by atoms with Gasteiger partial charge in [-0.1, -0.05) is 209 Å². The fraction of sp³-hybridized carbons (Fsp3) is 0.766. The van der Waals surface area contributed by atoms with E-state index >= 15 is 0 Å². The summed E-state index contributed by atoms with van der Waals surface area (Å²) in [5, 5.41) is 9.59. The van der Waals surface area contributed by atoms with Crippen LogP contribution in [0.4, 0.5) is 0 Å². The van der Waals surface area contributed by atoms with E-state index in [1.165, 1.54) is 135 Å². The molecule has 51 heavy (non-hydrogen) atoms. The summed E-state index contributed by atoms with van der Waals surface area (Å²) in [6.45, 7) is 5.19. The minimum Gasteiger partial charge on any atom is -0.457 e. The minimum atomic E-state index is -0.564. The Kier molecular flexibility index (Phi) is 42.6. The van der Waals surface area contributed by atoms with Gasteiger partial charge in [-0.15, -0.1) is 0 Å². The molecule has 0 aliphatic rings. The van der Waals surface area contributed by atoms with Crippen LogP contribution in [0.25, 0.3) is 0 Å². The second-order valence-corrected chi connectivity index (χ2v) is 14.4. The first-order valence-corrected chi connectivity index (χ1v) is 21.9. The topological polar surface area (TPSA) is 55.8 Å². The molecule has 0 aromatic carbocycles. The van der Waals surface area contributed by atoms with Crippen molar-refractivity contribution in [1.82, 2.24) is 0 Å². The van der Waals surface area contributed by atoms with Crippen molar-refractivity contribution in [2.75, 3.05) is 19.8 Å². The molecule has 0 aromatic rings. The fourth-order valence-corrected chi connectivity index (χ4v) is 6.13. The molecule has 0 amide bonds. The molecule has 0 heterocycles. The Morgan fingerprint density at radius 1 is 0.490 bits per heavy atom. The lowest BCUT2D eigenvalue weighted by Gasteiger charge is -2.15. The molecule has 0 radical (unpaired) electrons. The van der Waals surface area contributed by atoms with Crippen LogP contribution in [0.15, 0.2) is 60.8 Å². The summed E-state index contributed by atoms with van der Waals surface area (Å²) < 4.78 is 11.1. The van der Waals surface area contributed by atoms with Gasteiger partial charge in [-0.05, 0) is 51.4 Å². The average molecular weight is 713 g/mol. The van der Waals surface area contributed by atoms with E-state index in [0.717, 1.165) is 51.4 Å². The van der Waals surface area contributed by atoms with Gasteiger partial charge >= 0.3 is 5.97 Å². The van der Waals surface area contributed by atoms with E-state index in [0.29, 0.717) is 13.0 Å². The van der Waals surface area contributed by atoms with E-state index in [1.54, 1.807) is 0 Å². The van der Waals surface area contributed by atoms with Crippen molar-refractivity contribution < 1.29 is 19.4 Å². The molecule has 0 saturated heterocycles. The molecule has 0 bridgehead atoms. The quantitative estimate of drug-likeness (QED) is 0.0390. The number of carbonyl (C=O) groups excluding carboxylic acids is 1. The molecule has 296 valence electrons. The molecule has 0 fully saturated rings. The van der Waals surface area contributed by atoms with Crippen molar-refractivity contribution in [1.29, 1.82) is 0 Å². The number of esters is 1. The van der Waals surface area contributed by atoms with Crippen molar-refractivity contribution in [3.05, 3.63) is 60.8 Å². The predicted octanol–water partition coefficient (Wildman–Crippen LogP) is 14.4. The van der Waals surface area contributed by atoms with Crippen LogP contribution < -0.4 is 0 Å². The van der Waals surface area contributed by atoms with Crippen molar-refractivity contribution in [2.45, 2.75) is 213 Å². The van der Waals surface area contributed by atoms with E-state index in [1.807, 2.05) is 0 Å². The van der Waals surface area contributed by atoms with Gasteiger partial charge in [0.2, 0.25) is 0 Å². The maximum Gasteiger partial charge on any atom is 0.306 e. The Labute approximate surface area is 317 Å². The van der Waals surface area contributed by atoms with E-state index < -0.39 is 6.10 Å². The third-order valence-corrected chi connectivity index (χ3v) is 9.36. The lowest BCUT2D eigenvalue weighted by molar-refractivity contribution is -0.154. The van der Waals surface area contributed by atoms with E-state index in [-0.39, 0.29) is 19.2 Å². The maximum atomic E-state index is 12.2. The smallest absolute Gasteiger partial charge is 0.306 e. The van der Waals surface area contributed by atoms with Crippen LogP contribution in [0.3, 0.4) is 0 Å². The summed E-state index contributed by atoms with van der Waals surface area (Å²) in [7, 11) is 0. The summed E-state index contributed by atoms with van der Waals surface area (Å²) in [6, 6.07) is 0. The van der Waals surface area contributed by atoms with Gasteiger partial charge in [-0.2, -0.15) is 0 Å². The van der Waals surface area contributed by atoms with Crippen LogP contribution in [0, 0.1) is 0 Å². The summed E-state index contributed by atoms with van der Waals surface area (Å²) in [5.41, 5.74) is 0. The molecule has 4 heteroatoms. The Morgan fingerprint density at radius 3 is 1.25 bits per heavy atom. The van der Waals surface area contributed by atoms with Gasteiger partial charge in [-0.3, -0.25) is 4.79 Å². The van der Waals surface area contributed by atoms with Crippen molar-refractivity contribution in [2.24, 2.45) is 0 Å². The number of rotatable bonds is 40. The number of hydrogen-bond donors (Lipinski definition) is 1. The maximum absolute atomic E-state index is 12.2. The highest BCUT2D eigenvalue weighted by Gasteiger charge is 2.13. The van der Waals surface area contributed by atoms with Crippen LogP contribution >= 0.6 is 0 Å². The SMILES string of the molecule is CC/C=C\C/C=C\C/C=C\C/C=C\C/C=C\CCCC(=O)OC(CO)COCCCCCCCCCCCCCCCCCCCCCCCC. The predicted molar refractivity (Wildman–Crippen MR) is 223 cm³/mol. The molecule has 0 aliphatic heterocycles. The molecular formula is C47H84O4. The van der Waals surface area contributed by atoms with Gasteiger partial charge in [0.05, 0.1) is 13.2 Å². The molecular weight excluding hydrogens is 629 g/mol. The third kappa shape index (κ3) is 42.4. The van der Waals surface area contributed by atoms with Crippen LogP contribution in [-0.2, 0) is 14.3 Å². The fourth-order valence-electron chi connectivity index (χ4n) is 6.13. The van der Waals surface area contributed by atoms with E-state index in [2.05, 4.69) is 74.6 Å². The molecule has 1 unspecified atom stereocenters. The highest BCUT2D eigenvalue weighted by Crippen LogP contribution is 2.15. The molecule has 0 rings (SSSR count). The second kappa shape index (κ2) is 44.3. The van der Waals surface area contributed by atoms with Crippen LogP contribution in [-0.4, -0.2) is 37.0 Å². The molecule has 0 aromatic heterocycles. The number of allylic oxidation sites excluding steroid dienone is 10. The molecule has 1 atom stereocenters. The second-order valence-electron chi connectivity index (χ2n) is 14.4. The van der Waals surface area contributed by atoms with Crippen molar-refractivity contribution >= 4 is 5.97 Å². The van der Waals surface area contributed by atoms with Crippen LogP contribution in [0.2, 0.25) is 0 Å². The summed E-state index contributed by atoms with van der Waals surface area (Å²) >= 11 is 0. The number of aliphatic hydroxyl groups excluding tert-OH is 1. The number of carbonyl (C=O) groups is 1. The summed E-state index contributed by atoms with van der Waals surface area (Å²) in [6.07, 6.45) is 58.7. The Balaban J connectivity index is 3.47. The lowest BCUT2D eigenvalue weighted by atomic mass is 10.0. The van der Waals surface area contributed by atoms with Crippen molar-refractivity contribution in [3.63, 3.8) is 0 Å². The van der Waals surface area contributed by atoms with Crippen molar-refractivity contribution in [3.8, 4) is 0 Å². The largest absolute Gasteiger partial charge is 0.457 e. The molecule has 4 nitrogen and oxygen atoms in total. The van der Waals surface area contributed by atoms with Gasteiger partial charge in [0.25, 0.3) is 0 Å². The van der Waals surface area contributed by atoms with Gasteiger partial charge in [0.1, 0.15) is 6.10 Å². The van der Waals surface area contributed by atoms with Crippen LogP contribution in [0.5, 0.6) is 0 Å². The van der Waals surface area contributed by atoms with E-state index in [9.17, 15) is 9.90 Å². The Bertz CT molecular complexity index is 839. The highest BCUT2D eigenvalue weighted by atomic mass is 16.6. The Hall–Kier alpha value is -1.91. The summed E-state index contributed by atoms with van der Waals surface area (Å²) in [5.74, 6) is -0.255. The summed E-state index contributed by atoms with van der Waals surface area (Å²) in [4.78, 5) is 12.2. The zero-order chi connectivity index (χ0) is 37.0. The lowest BCUT2D eigenvalue weighted by Crippen LogP contribution is -2.27. The highest BCUT2D eigenvalue weighted by molar-refractivity contribution is 5.69. The normalized spacial score (nSPS) is 12.9. The number of unbranched alkanes of at least 4 members (excludes halogenated alkanes) is 22. The number of ether oxygens (including phenoxy) is 2. The zero-order valence-corrected chi connectivity index (χ0v) is 33.9. The molecule has 1 N–H and O–H groups in total. The number of hydrogen-bond acceptors (Lipinski definition) is 4.